The van der Waals surface area contributed by atoms with Crippen LogP contribution in [0.5, 0.6) is 0 Å². The maximum atomic E-state index is 12.2. The van der Waals surface area contributed by atoms with Gasteiger partial charge in [-0.05, 0) is 32.1 Å². The van der Waals surface area contributed by atoms with Crippen LogP contribution < -0.4 is 5.73 Å². The van der Waals surface area contributed by atoms with Crippen molar-refractivity contribution in [3.63, 3.8) is 0 Å². The number of carbonyl (C=O) groups excluding carboxylic acids is 2. The summed E-state index contributed by atoms with van der Waals surface area (Å²) in [5.74, 6) is -0.110. The fourth-order valence-electron chi connectivity index (χ4n) is 1.94. The maximum Gasteiger partial charge on any atom is 0.325 e. The van der Waals surface area contributed by atoms with Crippen molar-refractivity contribution in [1.29, 1.82) is 0 Å². The molecule has 1 aliphatic rings. The molecule has 0 aliphatic heterocycles. The van der Waals surface area contributed by atoms with Gasteiger partial charge in [0, 0.05) is 6.04 Å². The van der Waals surface area contributed by atoms with E-state index in [1.54, 1.807) is 11.8 Å². The molecule has 0 aromatic rings. The van der Waals surface area contributed by atoms with Crippen molar-refractivity contribution in [1.82, 2.24) is 4.90 Å². The number of hydrogen-bond donors (Lipinski definition) is 1. The fourth-order valence-corrected chi connectivity index (χ4v) is 1.94. The lowest BCUT2D eigenvalue weighted by atomic mass is 10.0. The van der Waals surface area contributed by atoms with Crippen LogP contribution in [0.4, 0.5) is 0 Å². The summed E-state index contributed by atoms with van der Waals surface area (Å²) in [6.45, 7) is 6.18. The normalized spacial score (nSPS) is 16.5. The molecular weight excluding hydrogens is 232 g/mol. The highest BCUT2D eigenvalue weighted by Gasteiger charge is 2.36. The van der Waals surface area contributed by atoms with Crippen molar-refractivity contribution in [2.45, 2.75) is 52.1 Å². The monoisotopic (exact) mass is 256 g/mol. The Labute approximate surface area is 109 Å². The van der Waals surface area contributed by atoms with Crippen LogP contribution in [0, 0.1) is 5.92 Å². The van der Waals surface area contributed by atoms with Gasteiger partial charge < -0.3 is 15.4 Å². The first-order valence-electron chi connectivity index (χ1n) is 6.67. The van der Waals surface area contributed by atoms with Gasteiger partial charge >= 0.3 is 5.97 Å². The zero-order chi connectivity index (χ0) is 13.7. The third kappa shape index (κ3) is 4.64. The van der Waals surface area contributed by atoms with E-state index in [9.17, 15) is 9.59 Å². The Morgan fingerprint density at radius 2 is 2.00 bits per heavy atom. The number of rotatable bonds is 7. The van der Waals surface area contributed by atoms with Gasteiger partial charge in [-0.1, -0.05) is 13.8 Å². The van der Waals surface area contributed by atoms with E-state index in [2.05, 4.69) is 0 Å². The standard InChI is InChI=1S/C13H24N2O3/c1-4-18-12(16)8-15(10-5-6-10)13(17)11(14)7-9(2)3/h9-11H,4-8,14H2,1-3H3. The van der Waals surface area contributed by atoms with Crippen LogP contribution in [-0.4, -0.2) is 42.0 Å². The molecule has 1 aliphatic carbocycles. The second kappa shape index (κ2) is 6.73. The van der Waals surface area contributed by atoms with Gasteiger partial charge in [0.05, 0.1) is 12.6 Å². The van der Waals surface area contributed by atoms with E-state index in [1.807, 2.05) is 13.8 Å². The molecule has 1 atom stereocenters. The molecule has 1 amide bonds. The summed E-state index contributed by atoms with van der Waals surface area (Å²) in [5, 5.41) is 0. The van der Waals surface area contributed by atoms with Crippen LogP contribution in [0.1, 0.15) is 40.0 Å². The molecule has 0 aromatic heterocycles. The van der Waals surface area contributed by atoms with E-state index in [-0.39, 0.29) is 24.5 Å². The summed E-state index contributed by atoms with van der Waals surface area (Å²) in [7, 11) is 0. The molecular formula is C13H24N2O3. The number of hydrogen-bond acceptors (Lipinski definition) is 4. The molecule has 1 unspecified atom stereocenters. The Morgan fingerprint density at radius 1 is 1.39 bits per heavy atom. The van der Waals surface area contributed by atoms with Gasteiger partial charge in [0.2, 0.25) is 5.91 Å². The van der Waals surface area contributed by atoms with Gasteiger partial charge in [-0.15, -0.1) is 0 Å². The van der Waals surface area contributed by atoms with Crippen LogP contribution >= 0.6 is 0 Å². The molecule has 2 N–H and O–H groups in total. The lowest BCUT2D eigenvalue weighted by Crippen LogP contribution is -2.47. The lowest BCUT2D eigenvalue weighted by molar-refractivity contribution is -0.149. The SMILES string of the molecule is CCOC(=O)CN(C(=O)C(N)CC(C)C)C1CC1. The minimum Gasteiger partial charge on any atom is -0.465 e. The van der Waals surface area contributed by atoms with Crippen LogP contribution in [-0.2, 0) is 14.3 Å². The number of nitrogens with two attached hydrogens (primary N) is 1. The zero-order valence-electron chi connectivity index (χ0n) is 11.5. The summed E-state index contributed by atoms with van der Waals surface area (Å²) in [4.78, 5) is 25.3. The Hall–Kier alpha value is -1.10. The predicted molar refractivity (Wildman–Crippen MR) is 68.8 cm³/mol. The first kappa shape index (κ1) is 15.0. The number of ether oxygens (including phenoxy) is 1. The summed E-state index contributed by atoms with van der Waals surface area (Å²) < 4.78 is 4.89. The quantitative estimate of drug-likeness (QED) is 0.687. The van der Waals surface area contributed by atoms with E-state index in [0.29, 0.717) is 18.9 Å². The Kier molecular flexibility index (Phi) is 5.59. The minimum absolute atomic E-state index is 0.0309. The smallest absolute Gasteiger partial charge is 0.325 e. The number of amides is 1. The second-order valence-corrected chi connectivity index (χ2v) is 5.24. The fraction of sp³-hybridized carbons (Fsp3) is 0.846. The van der Waals surface area contributed by atoms with E-state index >= 15 is 0 Å². The van der Waals surface area contributed by atoms with Crippen LogP contribution in [0.3, 0.4) is 0 Å². The number of carbonyl (C=O) groups is 2. The molecule has 1 saturated carbocycles. The molecule has 1 rings (SSSR count). The van der Waals surface area contributed by atoms with Crippen molar-refractivity contribution in [2.75, 3.05) is 13.2 Å². The minimum atomic E-state index is -0.514. The Bertz CT molecular complexity index is 301. The summed E-state index contributed by atoms with van der Waals surface area (Å²) in [6, 6.07) is -0.333. The van der Waals surface area contributed by atoms with Gasteiger partial charge in [-0.3, -0.25) is 9.59 Å². The zero-order valence-corrected chi connectivity index (χ0v) is 11.5. The second-order valence-electron chi connectivity index (χ2n) is 5.24. The average Bonchev–Trinajstić information content (AvgIpc) is 3.08. The van der Waals surface area contributed by atoms with Crippen molar-refractivity contribution in [3.05, 3.63) is 0 Å². The number of esters is 1. The molecule has 0 radical (unpaired) electrons. The van der Waals surface area contributed by atoms with Gasteiger partial charge in [0.15, 0.2) is 0 Å². The lowest BCUT2D eigenvalue weighted by Gasteiger charge is -2.25. The first-order chi connectivity index (χ1) is 8.45. The van der Waals surface area contributed by atoms with Crippen LogP contribution in [0.15, 0.2) is 0 Å². The molecule has 104 valence electrons. The van der Waals surface area contributed by atoms with Crippen molar-refractivity contribution < 1.29 is 14.3 Å². The Morgan fingerprint density at radius 3 is 2.44 bits per heavy atom. The summed E-state index contributed by atoms with van der Waals surface area (Å²) in [6.07, 6.45) is 2.56. The largest absolute Gasteiger partial charge is 0.465 e. The van der Waals surface area contributed by atoms with Crippen molar-refractivity contribution >= 4 is 11.9 Å². The van der Waals surface area contributed by atoms with Crippen molar-refractivity contribution in [3.8, 4) is 0 Å². The van der Waals surface area contributed by atoms with Gasteiger partial charge in [0.25, 0.3) is 0 Å². The first-order valence-corrected chi connectivity index (χ1v) is 6.67. The van der Waals surface area contributed by atoms with Gasteiger partial charge in [-0.25, -0.2) is 0 Å². The van der Waals surface area contributed by atoms with E-state index in [0.717, 1.165) is 12.8 Å². The average molecular weight is 256 g/mol. The Balaban J connectivity index is 2.55. The molecule has 1 fully saturated rings. The van der Waals surface area contributed by atoms with Crippen molar-refractivity contribution in [2.24, 2.45) is 11.7 Å². The third-order valence-corrected chi connectivity index (χ3v) is 2.92. The topological polar surface area (TPSA) is 72.6 Å². The summed E-state index contributed by atoms with van der Waals surface area (Å²) >= 11 is 0. The number of nitrogens with zero attached hydrogens (tertiary/aromatic N) is 1. The van der Waals surface area contributed by atoms with E-state index in [4.69, 9.17) is 10.5 Å². The highest BCUT2D eigenvalue weighted by molar-refractivity contribution is 5.86. The molecule has 0 spiro atoms. The molecule has 18 heavy (non-hydrogen) atoms. The highest BCUT2D eigenvalue weighted by atomic mass is 16.5. The van der Waals surface area contributed by atoms with Crippen LogP contribution in [0.2, 0.25) is 0 Å². The molecule has 0 heterocycles. The highest BCUT2D eigenvalue weighted by Crippen LogP contribution is 2.27. The molecule has 0 saturated heterocycles. The van der Waals surface area contributed by atoms with E-state index < -0.39 is 6.04 Å². The van der Waals surface area contributed by atoms with Gasteiger partial charge in [0.1, 0.15) is 6.54 Å². The third-order valence-electron chi connectivity index (χ3n) is 2.92. The molecule has 0 bridgehead atoms. The molecule has 5 heteroatoms. The molecule has 5 nitrogen and oxygen atoms in total. The maximum absolute atomic E-state index is 12.2. The van der Waals surface area contributed by atoms with E-state index in [1.165, 1.54) is 0 Å². The summed E-state index contributed by atoms with van der Waals surface area (Å²) in [5.41, 5.74) is 5.89. The van der Waals surface area contributed by atoms with Gasteiger partial charge in [-0.2, -0.15) is 0 Å². The predicted octanol–water partition coefficient (Wildman–Crippen LogP) is 0.914. The van der Waals surface area contributed by atoms with Crippen LogP contribution in [0.25, 0.3) is 0 Å². The molecule has 0 aromatic carbocycles.